The number of likely N-dealkylation sites (N-methyl/N-ethyl adjacent to an activating group) is 2. The summed E-state index contributed by atoms with van der Waals surface area (Å²) in [5.74, 6) is -0.375. The van der Waals surface area contributed by atoms with Crippen LogP contribution in [-0.4, -0.2) is 38.8 Å². The number of hydrogen-bond acceptors (Lipinski definition) is 4. The molecule has 0 radical (unpaired) electrons. The van der Waals surface area contributed by atoms with Crippen molar-refractivity contribution in [3.05, 3.63) is 28.8 Å². The number of nitrogens with two attached hydrogens (primary N) is 1. The van der Waals surface area contributed by atoms with Crippen LogP contribution in [0.15, 0.2) is 23.1 Å². The highest BCUT2D eigenvalue weighted by Gasteiger charge is 2.25. The molecule has 0 aliphatic heterocycles. The number of carbonyl (C=O) groups is 1. The molecule has 0 unspecified atom stereocenters. The molecule has 0 saturated carbocycles. The Balaban J connectivity index is 3.14. The first kappa shape index (κ1) is 16.9. The van der Waals surface area contributed by atoms with E-state index >= 15 is 0 Å². The topological polar surface area (TPSA) is 92.5 Å². The van der Waals surface area contributed by atoms with Gasteiger partial charge in [-0.3, -0.25) is 4.79 Å². The van der Waals surface area contributed by atoms with E-state index in [9.17, 15) is 13.2 Å². The van der Waals surface area contributed by atoms with E-state index in [2.05, 4.69) is 5.32 Å². The molecular weight excluding hydrogens is 302 g/mol. The number of halogens is 1. The first-order valence-electron chi connectivity index (χ1n) is 6.06. The van der Waals surface area contributed by atoms with Gasteiger partial charge in [-0.25, -0.2) is 8.42 Å². The molecule has 8 heteroatoms. The summed E-state index contributed by atoms with van der Waals surface area (Å²) in [6.45, 7) is 1.85. The van der Waals surface area contributed by atoms with Gasteiger partial charge in [0.25, 0.3) is 0 Å². The third kappa shape index (κ3) is 3.69. The molecule has 1 amide bonds. The van der Waals surface area contributed by atoms with Gasteiger partial charge in [-0.05, 0) is 17.7 Å². The van der Waals surface area contributed by atoms with E-state index in [0.717, 1.165) is 4.31 Å². The standard InChI is InChI=1S/C12H18ClN3O3S/c1-3-16(8-12(17)15-2)20(18,19)10-5-4-9(7-14)11(13)6-10/h4-6H,3,7-8,14H2,1-2H3,(H,15,17). The van der Waals surface area contributed by atoms with Crippen molar-refractivity contribution >= 4 is 27.5 Å². The average molecular weight is 320 g/mol. The molecule has 112 valence electrons. The van der Waals surface area contributed by atoms with Crippen LogP contribution in [0.4, 0.5) is 0 Å². The van der Waals surface area contributed by atoms with Gasteiger partial charge < -0.3 is 11.1 Å². The quantitative estimate of drug-likeness (QED) is 0.801. The number of amides is 1. The Hall–Kier alpha value is -1.15. The Morgan fingerprint density at radius 1 is 1.45 bits per heavy atom. The molecule has 1 rings (SSSR count). The van der Waals surface area contributed by atoms with E-state index in [1.165, 1.54) is 19.2 Å². The smallest absolute Gasteiger partial charge is 0.243 e. The monoisotopic (exact) mass is 319 g/mol. The van der Waals surface area contributed by atoms with Crippen LogP contribution >= 0.6 is 11.6 Å². The maximum absolute atomic E-state index is 12.4. The zero-order valence-corrected chi connectivity index (χ0v) is 13.0. The largest absolute Gasteiger partial charge is 0.358 e. The van der Waals surface area contributed by atoms with Gasteiger partial charge in [-0.15, -0.1) is 0 Å². The zero-order chi connectivity index (χ0) is 15.3. The second-order valence-electron chi connectivity index (χ2n) is 4.06. The van der Waals surface area contributed by atoms with Crippen LogP contribution < -0.4 is 11.1 Å². The summed E-state index contributed by atoms with van der Waals surface area (Å²) in [6.07, 6.45) is 0. The summed E-state index contributed by atoms with van der Waals surface area (Å²) in [6, 6.07) is 4.37. The van der Waals surface area contributed by atoms with E-state index < -0.39 is 10.0 Å². The lowest BCUT2D eigenvalue weighted by Gasteiger charge is -2.20. The SMILES string of the molecule is CCN(CC(=O)NC)S(=O)(=O)c1ccc(CN)c(Cl)c1. The summed E-state index contributed by atoms with van der Waals surface area (Å²) >= 11 is 5.97. The van der Waals surface area contributed by atoms with Crippen molar-refractivity contribution in [2.24, 2.45) is 5.73 Å². The summed E-state index contributed by atoms with van der Waals surface area (Å²) in [7, 11) is -2.30. The molecule has 0 bridgehead atoms. The highest BCUT2D eigenvalue weighted by Crippen LogP contribution is 2.23. The van der Waals surface area contributed by atoms with E-state index in [4.69, 9.17) is 17.3 Å². The van der Waals surface area contributed by atoms with E-state index in [0.29, 0.717) is 10.6 Å². The van der Waals surface area contributed by atoms with E-state index in [-0.39, 0.29) is 30.4 Å². The van der Waals surface area contributed by atoms with Crippen LogP contribution in [0.1, 0.15) is 12.5 Å². The number of benzene rings is 1. The minimum Gasteiger partial charge on any atom is -0.358 e. The molecule has 0 aliphatic rings. The van der Waals surface area contributed by atoms with Gasteiger partial charge in [-0.2, -0.15) is 4.31 Å². The fraction of sp³-hybridized carbons (Fsp3) is 0.417. The Morgan fingerprint density at radius 3 is 2.55 bits per heavy atom. The third-order valence-electron chi connectivity index (χ3n) is 2.83. The molecule has 0 aliphatic carbocycles. The maximum atomic E-state index is 12.4. The van der Waals surface area contributed by atoms with Gasteiger partial charge in [0.15, 0.2) is 0 Å². The molecule has 20 heavy (non-hydrogen) atoms. The Morgan fingerprint density at radius 2 is 2.10 bits per heavy atom. The van der Waals surface area contributed by atoms with Gasteiger partial charge in [0, 0.05) is 25.2 Å². The van der Waals surface area contributed by atoms with Crippen molar-refractivity contribution in [3.8, 4) is 0 Å². The van der Waals surface area contributed by atoms with Gasteiger partial charge in [0.2, 0.25) is 15.9 Å². The Bertz CT molecular complexity index is 590. The summed E-state index contributed by atoms with van der Waals surface area (Å²) < 4.78 is 25.9. The number of rotatable bonds is 6. The molecule has 0 spiro atoms. The summed E-state index contributed by atoms with van der Waals surface area (Å²) in [5.41, 5.74) is 6.15. The fourth-order valence-electron chi connectivity index (χ4n) is 1.61. The first-order valence-corrected chi connectivity index (χ1v) is 7.87. The van der Waals surface area contributed by atoms with Crippen LogP contribution in [0.2, 0.25) is 5.02 Å². The van der Waals surface area contributed by atoms with Crippen molar-refractivity contribution in [2.45, 2.75) is 18.4 Å². The second-order valence-corrected chi connectivity index (χ2v) is 6.41. The molecule has 0 fully saturated rings. The second kappa shape index (κ2) is 7.03. The molecule has 0 atom stereocenters. The molecule has 0 heterocycles. The molecule has 1 aromatic rings. The molecule has 0 aromatic heterocycles. The molecule has 0 saturated heterocycles. The minimum absolute atomic E-state index is 0.0467. The van der Waals surface area contributed by atoms with Crippen LogP contribution in [-0.2, 0) is 21.4 Å². The maximum Gasteiger partial charge on any atom is 0.243 e. The predicted octanol–water partition coefficient (Wildman–Crippen LogP) is 0.555. The van der Waals surface area contributed by atoms with Crippen LogP contribution in [0.25, 0.3) is 0 Å². The van der Waals surface area contributed by atoms with Crippen molar-refractivity contribution in [3.63, 3.8) is 0 Å². The number of carbonyl (C=O) groups excluding carboxylic acids is 1. The Kier molecular flexibility index (Phi) is 5.94. The van der Waals surface area contributed by atoms with Gasteiger partial charge in [-0.1, -0.05) is 24.6 Å². The first-order chi connectivity index (χ1) is 9.36. The van der Waals surface area contributed by atoms with Gasteiger partial charge in [0.1, 0.15) is 0 Å². The van der Waals surface area contributed by atoms with Gasteiger partial charge >= 0.3 is 0 Å². The van der Waals surface area contributed by atoms with Crippen molar-refractivity contribution in [1.82, 2.24) is 9.62 Å². The highest BCUT2D eigenvalue weighted by atomic mass is 35.5. The van der Waals surface area contributed by atoms with Crippen LogP contribution in [0.3, 0.4) is 0 Å². The van der Waals surface area contributed by atoms with Gasteiger partial charge in [0.05, 0.1) is 11.4 Å². The third-order valence-corrected chi connectivity index (χ3v) is 5.10. The van der Waals surface area contributed by atoms with Crippen molar-refractivity contribution in [1.29, 1.82) is 0 Å². The van der Waals surface area contributed by atoms with E-state index in [1.807, 2.05) is 0 Å². The number of sulfonamides is 1. The number of nitrogens with one attached hydrogen (secondary N) is 1. The zero-order valence-electron chi connectivity index (χ0n) is 11.4. The predicted molar refractivity (Wildman–Crippen MR) is 77.8 cm³/mol. The molecular formula is C12H18ClN3O3S. The molecule has 1 aromatic carbocycles. The highest BCUT2D eigenvalue weighted by molar-refractivity contribution is 7.89. The summed E-state index contributed by atoms with van der Waals surface area (Å²) in [5, 5.41) is 2.69. The number of hydrogen-bond donors (Lipinski definition) is 2. The van der Waals surface area contributed by atoms with Crippen LogP contribution in [0.5, 0.6) is 0 Å². The number of nitrogens with zero attached hydrogens (tertiary/aromatic N) is 1. The lowest BCUT2D eigenvalue weighted by Crippen LogP contribution is -2.39. The minimum atomic E-state index is -3.76. The average Bonchev–Trinajstić information content (AvgIpc) is 2.43. The normalized spacial score (nSPS) is 11.7. The summed E-state index contributed by atoms with van der Waals surface area (Å²) in [4.78, 5) is 11.4. The van der Waals surface area contributed by atoms with Crippen molar-refractivity contribution < 1.29 is 13.2 Å². The lowest BCUT2D eigenvalue weighted by molar-refractivity contribution is -0.120. The van der Waals surface area contributed by atoms with E-state index in [1.54, 1.807) is 13.0 Å². The fourth-order valence-corrected chi connectivity index (χ4v) is 3.36. The molecule has 3 N–H and O–H groups in total. The lowest BCUT2D eigenvalue weighted by atomic mass is 10.2. The molecule has 6 nitrogen and oxygen atoms in total. The van der Waals surface area contributed by atoms with Crippen LogP contribution in [0, 0.1) is 0 Å². The Labute approximate surface area is 123 Å². The van der Waals surface area contributed by atoms with Crippen molar-refractivity contribution in [2.75, 3.05) is 20.1 Å².